The molecule has 1 fully saturated rings. The van der Waals surface area contributed by atoms with Crippen LogP contribution in [0.1, 0.15) is 27.7 Å². The third-order valence-electron chi connectivity index (χ3n) is 3.97. The van der Waals surface area contributed by atoms with E-state index in [0.29, 0.717) is 0 Å². The number of rotatable bonds is 11. The van der Waals surface area contributed by atoms with Crippen molar-refractivity contribution in [3.63, 3.8) is 0 Å². The van der Waals surface area contributed by atoms with Gasteiger partial charge in [0.25, 0.3) is 0 Å². The molecule has 0 unspecified atom stereocenters. The van der Waals surface area contributed by atoms with Gasteiger partial charge >= 0.3 is 23.9 Å². The Morgan fingerprint density at radius 2 is 1.30 bits per heavy atom. The summed E-state index contributed by atoms with van der Waals surface area (Å²) in [6.45, 7) is 3.37. The van der Waals surface area contributed by atoms with E-state index < -0.39 is 67.3 Å². The van der Waals surface area contributed by atoms with Gasteiger partial charge < -0.3 is 28.4 Å². The molecule has 1 aliphatic heterocycles. The van der Waals surface area contributed by atoms with Crippen LogP contribution in [0, 0.1) is 0 Å². The van der Waals surface area contributed by atoms with Gasteiger partial charge in [0.15, 0.2) is 24.6 Å². The fourth-order valence-electron chi connectivity index (χ4n) is 2.89. The molecule has 0 saturated carbocycles. The van der Waals surface area contributed by atoms with Crippen LogP contribution in [0.5, 0.6) is 0 Å². The molecule has 1 rings (SSSR count). The SMILES string of the molecule is CC(=O)OC[C@H]1O[C@H](OC(CN=[N+]=[N-])CN=[N+]=[N-])[C@H](OC(C)=O)[C@@H](OC(C)=O)[C@H]1OC(C)=O. The number of azide groups is 2. The van der Waals surface area contributed by atoms with Crippen molar-refractivity contribution in [2.45, 2.75) is 64.5 Å². The summed E-state index contributed by atoms with van der Waals surface area (Å²) in [6, 6.07) is 0. The number of ether oxygens (including phenoxy) is 6. The van der Waals surface area contributed by atoms with E-state index in [1.807, 2.05) is 0 Å². The van der Waals surface area contributed by atoms with Crippen LogP contribution in [0.25, 0.3) is 20.9 Å². The van der Waals surface area contributed by atoms with Crippen molar-refractivity contribution in [1.29, 1.82) is 0 Å². The van der Waals surface area contributed by atoms with E-state index in [4.69, 9.17) is 39.5 Å². The van der Waals surface area contributed by atoms with Gasteiger partial charge in [-0.25, -0.2) is 0 Å². The van der Waals surface area contributed by atoms with Gasteiger partial charge in [0.1, 0.15) is 12.7 Å². The van der Waals surface area contributed by atoms with Crippen LogP contribution in [-0.4, -0.2) is 80.4 Å². The maximum absolute atomic E-state index is 11.8. The molecule has 1 saturated heterocycles. The number of esters is 4. The lowest BCUT2D eigenvalue weighted by Gasteiger charge is -2.44. The first-order chi connectivity index (χ1) is 15.6. The van der Waals surface area contributed by atoms with Crippen molar-refractivity contribution in [2.24, 2.45) is 10.2 Å². The number of carbonyl (C=O) groups excluding carboxylic acids is 4. The van der Waals surface area contributed by atoms with Crippen LogP contribution in [-0.2, 0) is 47.6 Å². The first-order valence-corrected chi connectivity index (χ1v) is 9.56. The summed E-state index contributed by atoms with van der Waals surface area (Å²) in [7, 11) is 0. The minimum Gasteiger partial charge on any atom is -0.463 e. The van der Waals surface area contributed by atoms with E-state index in [1.54, 1.807) is 0 Å². The number of nitrogens with zero attached hydrogens (tertiary/aromatic N) is 6. The molecule has 5 atom stereocenters. The van der Waals surface area contributed by atoms with Gasteiger partial charge in [-0.1, -0.05) is 10.2 Å². The number of carbonyl (C=O) groups is 4. The molecule has 0 N–H and O–H groups in total. The van der Waals surface area contributed by atoms with Crippen molar-refractivity contribution >= 4 is 23.9 Å². The van der Waals surface area contributed by atoms with Crippen LogP contribution in [0.15, 0.2) is 10.2 Å². The Hall–Kier alpha value is -3.58. The Kier molecular flexibility index (Phi) is 11.4. The maximum Gasteiger partial charge on any atom is 0.303 e. The molecule has 0 radical (unpaired) electrons. The molecule has 0 spiro atoms. The molecule has 0 aromatic heterocycles. The van der Waals surface area contributed by atoms with E-state index in [2.05, 4.69) is 20.1 Å². The van der Waals surface area contributed by atoms with Crippen LogP contribution in [0.4, 0.5) is 0 Å². The zero-order valence-electron chi connectivity index (χ0n) is 18.4. The van der Waals surface area contributed by atoms with Crippen LogP contribution in [0.2, 0.25) is 0 Å². The molecule has 0 amide bonds. The van der Waals surface area contributed by atoms with E-state index in [9.17, 15) is 19.2 Å². The average Bonchev–Trinajstić information content (AvgIpc) is 2.71. The monoisotopic (exact) mass is 472 g/mol. The second-order valence-corrected chi connectivity index (χ2v) is 6.65. The topological polar surface area (TPSA) is 221 Å². The second-order valence-electron chi connectivity index (χ2n) is 6.65. The van der Waals surface area contributed by atoms with E-state index in [0.717, 1.165) is 27.7 Å². The first-order valence-electron chi connectivity index (χ1n) is 9.56. The minimum absolute atomic E-state index is 0.289. The van der Waals surface area contributed by atoms with Crippen molar-refractivity contribution < 1.29 is 47.6 Å². The minimum atomic E-state index is -1.49. The van der Waals surface area contributed by atoms with E-state index >= 15 is 0 Å². The molecule has 16 heteroatoms. The molecule has 0 bridgehead atoms. The average molecular weight is 472 g/mol. The largest absolute Gasteiger partial charge is 0.463 e. The Morgan fingerprint density at radius 1 is 0.818 bits per heavy atom. The van der Waals surface area contributed by atoms with Gasteiger partial charge in [0.2, 0.25) is 0 Å². The zero-order valence-corrected chi connectivity index (χ0v) is 18.4. The molecule has 182 valence electrons. The summed E-state index contributed by atoms with van der Waals surface area (Å²) < 4.78 is 32.2. The van der Waals surface area contributed by atoms with Crippen LogP contribution >= 0.6 is 0 Å². The molecular weight excluding hydrogens is 448 g/mol. The van der Waals surface area contributed by atoms with E-state index in [1.165, 1.54) is 0 Å². The first kappa shape index (κ1) is 27.5. The quantitative estimate of drug-likeness (QED) is 0.137. The molecule has 0 aliphatic carbocycles. The highest BCUT2D eigenvalue weighted by molar-refractivity contribution is 5.68. The molecule has 0 aromatic rings. The van der Waals surface area contributed by atoms with Crippen molar-refractivity contribution in [3.8, 4) is 0 Å². The van der Waals surface area contributed by atoms with Crippen LogP contribution < -0.4 is 0 Å². The Labute approximate surface area is 187 Å². The normalized spacial score (nSPS) is 24.8. The van der Waals surface area contributed by atoms with Crippen molar-refractivity contribution in [2.75, 3.05) is 19.7 Å². The lowest BCUT2D eigenvalue weighted by Crippen LogP contribution is -2.63. The van der Waals surface area contributed by atoms with Gasteiger partial charge in [-0.05, 0) is 11.1 Å². The van der Waals surface area contributed by atoms with Gasteiger partial charge in [-0.3, -0.25) is 19.2 Å². The molecule has 0 aromatic carbocycles. The highest BCUT2D eigenvalue weighted by Gasteiger charge is 2.53. The Morgan fingerprint density at radius 3 is 1.76 bits per heavy atom. The molecule has 1 heterocycles. The van der Waals surface area contributed by atoms with Gasteiger partial charge in [0, 0.05) is 37.5 Å². The molecular formula is C17H24N6O10. The predicted molar refractivity (Wildman–Crippen MR) is 105 cm³/mol. The zero-order chi connectivity index (χ0) is 25.0. The van der Waals surface area contributed by atoms with Crippen molar-refractivity contribution in [1.82, 2.24) is 0 Å². The lowest BCUT2D eigenvalue weighted by molar-refractivity contribution is -0.315. The second kappa shape index (κ2) is 13.8. The molecule has 1 aliphatic rings. The number of hydrogen-bond donors (Lipinski definition) is 0. The Bertz CT molecular complexity index is 805. The van der Waals surface area contributed by atoms with Gasteiger partial charge in [-0.15, -0.1) is 0 Å². The smallest absolute Gasteiger partial charge is 0.303 e. The molecule has 33 heavy (non-hydrogen) atoms. The third kappa shape index (κ3) is 9.62. The summed E-state index contributed by atoms with van der Waals surface area (Å²) in [5, 5.41) is 6.72. The fraction of sp³-hybridized carbons (Fsp3) is 0.765. The summed E-state index contributed by atoms with van der Waals surface area (Å²) in [4.78, 5) is 51.8. The fourth-order valence-corrected chi connectivity index (χ4v) is 2.89. The predicted octanol–water partition coefficient (Wildman–Crippen LogP) is 1.08. The van der Waals surface area contributed by atoms with Gasteiger partial charge in [-0.2, -0.15) is 0 Å². The van der Waals surface area contributed by atoms with Crippen LogP contribution in [0.3, 0.4) is 0 Å². The van der Waals surface area contributed by atoms with Crippen molar-refractivity contribution in [3.05, 3.63) is 20.9 Å². The van der Waals surface area contributed by atoms with Gasteiger partial charge in [0.05, 0.1) is 19.2 Å². The summed E-state index contributed by atoms with van der Waals surface area (Å²) in [5.74, 6) is -3.07. The standard InChI is InChI=1S/C17H24N6O10/c1-8(24)28-7-13-14(29-9(2)25)15(30-10(3)26)16(31-11(4)27)17(33-13)32-12(5-20-22-18)6-21-23-19/h12-17H,5-7H2,1-4H3/t13-,14+,15+,16-,17+/m1/s1. The highest BCUT2D eigenvalue weighted by atomic mass is 16.7. The summed E-state index contributed by atoms with van der Waals surface area (Å²) in [5.41, 5.74) is 17.2. The summed E-state index contributed by atoms with van der Waals surface area (Å²) in [6.07, 6.45) is -7.95. The Balaban J connectivity index is 3.40. The third-order valence-corrected chi connectivity index (χ3v) is 3.97. The highest BCUT2D eigenvalue weighted by Crippen LogP contribution is 2.30. The maximum atomic E-state index is 11.8. The molecule has 16 nitrogen and oxygen atoms in total. The lowest BCUT2D eigenvalue weighted by atomic mass is 9.98. The van der Waals surface area contributed by atoms with E-state index in [-0.39, 0.29) is 13.1 Å². The number of hydrogen-bond acceptors (Lipinski definition) is 12. The summed E-state index contributed by atoms with van der Waals surface area (Å²) >= 11 is 0.